The second kappa shape index (κ2) is 7.50. The number of anilines is 1. The summed E-state index contributed by atoms with van der Waals surface area (Å²) < 4.78 is 5.27. The van der Waals surface area contributed by atoms with Crippen LogP contribution in [0.1, 0.15) is 26.4 Å². The van der Waals surface area contributed by atoms with Crippen molar-refractivity contribution in [2.45, 2.75) is 18.9 Å². The molecule has 0 radical (unpaired) electrons. The Labute approximate surface area is 165 Å². The summed E-state index contributed by atoms with van der Waals surface area (Å²) in [5, 5.41) is 3.91. The van der Waals surface area contributed by atoms with Crippen LogP contribution in [-0.2, 0) is 22.4 Å². The van der Waals surface area contributed by atoms with Crippen LogP contribution in [0.2, 0.25) is 5.02 Å². The van der Waals surface area contributed by atoms with Gasteiger partial charge in [-0.05, 0) is 23.3 Å². The molecule has 0 aliphatic carbocycles. The molecule has 5 nitrogen and oxygen atoms in total. The number of nitrogens with zero attached hydrogens (tertiary/aromatic N) is 1. The highest BCUT2D eigenvalue weighted by Crippen LogP contribution is 2.26. The Bertz CT molecular complexity index is 1020. The molecule has 0 saturated heterocycles. The molecule has 1 unspecified atom stereocenters. The normalized spacial score (nSPS) is 15.7. The van der Waals surface area contributed by atoms with E-state index in [0.29, 0.717) is 28.6 Å². The topological polar surface area (TPSA) is 68.3 Å². The van der Waals surface area contributed by atoms with Crippen molar-refractivity contribution < 1.29 is 14.3 Å². The van der Waals surface area contributed by atoms with Gasteiger partial charge in [-0.2, -0.15) is 0 Å². The van der Waals surface area contributed by atoms with Crippen LogP contribution in [0.25, 0.3) is 0 Å². The van der Waals surface area contributed by atoms with Gasteiger partial charge in [0.05, 0.1) is 5.56 Å². The van der Waals surface area contributed by atoms with Gasteiger partial charge in [-0.25, -0.2) is 9.78 Å². The van der Waals surface area contributed by atoms with Gasteiger partial charge in [0.2, 0.25) is 0 Å². The number of benzene rings is 2. The fourth-order valence-electron chi connectivity index (χ4n) is 2.94. The standard InChI is InChI=1S/C20H15ClN2O3S/c21-16-8-4-2-6-13(16)9-14-11-22-20(27-14)23-18(24)17-10-12-5-1-3-7-15(12)19(25)26-17/h1-8,11,17H,9-10H2,(H,22,23,24). The van der Waals surface area contributed by atoms with Crippen LogP contribution < -0.4 is 5.32 Å². The molecular weight excluding hydrogens is 384 g/mol. The van der Waals surface area contributed by atoms with Crippen molar-refractivity contribution in [2.75, 3.05) is 5.32 Å². The van der Waals surface area contributed by atoms with E-state index in [9.17, 15) is 9.59 Å². The molecule has 3 aromatic rings. The van der Waals surface area contributed by atoms with Gasteiger partial charge in [0, 0.05) is 28.9 Å². The van der Waals surface area contributed by atoms with E-state index >= 15 is 0 Å². The van der Waals surface area contributed by atoms with Gasteiger partial charge >= 0.3 is 5.97 Å². The minimum atomic E-state index is -0.858. The first-order valence-corrected chi connectivity index (χ1v) is 9.57. The molecular formula is C20H15ClN2O3S. The highest BCUT2D eigenvalue weighted by Gasteiger charge is 2.31. The Morgan fingerprint density at radius 1 is 1.22 bits per heavy atom. The number of rotatable bonds is 4. The maximum Gasteiger partial charge on any atom is 0.339 e. The Morgan fingerprint density at radius 3 is 2.85 bits per heavy atom. The van der Waals surface area contributed by atoms with Crippen LogP contribution in [0.3, 0.4) is 0 Å². The fourth-order valence-corrected chi connectivity index (χ4v) is 3.98. The van der Waals surface area contributed by atoms with Crippen LogP contribution >= 0.6 is 22.9 Å². The van der Waals surface area contributed by atoms with Gasteiger partial charge in [-0.3, -0.25) is 10.1 Å². The fraction of sp³-hybridized carbons (Fsp3) is 0.150. The number of cyclic esters (lactones) is 1. The highest BCUT2D eigenvalue weighted by atomic mass is 35.5. The van der Waals surface area contributed by atoms with Crippen molar-refractivity contribution >= 4 is 39.9 Å². The summed E-state index contributed by atoms with van der Waals surface area (Å²) in [5.41, 5.74) is 2.32. The summed E-state index contributed by atoms with van der Waals surface area (Å²) in [7, 11) is 0. The average molecular weight is 399 g/mol. The van der Waals surface area contributed by atoms with Crippen LogP contribution in [0.15, 0.2) is 54.7 Å². The Kier molecular flexibility index (Phi) is 4.92. The number of hydrogen-bond donors (Lipinski definition) is 1. The van der Waals surface area contributed by atoms with Gasteiger partial charge in [-0.1, -0.05) is 48.0 Å². The summed E-state index contributed by atoms with van der Waals surface area (Å²) in [4.78, 5) is 29.8. The van der Waals surface area contributed by atoms with E-state index in [2.05, 4.69) is 10.3 Å². The summed E-state index contributed by atoms with van der Waals surface area (Å²) >= 11 is 7.56. The summed E-state index contributed by atoms with van der Waals surface area (Å²) in [6, 6.07) is 14.8. The average Bonchev–Trinajstić information content (AvgIpc) is 3.10. The molecule has 0 saturated carbocycles. The highest BCUT2D eigenvalue weighted by molar-refractivity contribution is 7.15. The molecule has 27 heavy (non-hydrogen) atoms. The third-order valence-corrected chi connectivity index (χ3v) is 5.57. The molecule has 0 fully saturated rings. The predicted molar refractivity (Wildman–Crippen MR) is 104 cm³/mol. The smallest absolute Gasteiger partial charge is 0.339 e. The van der Waals surface area contributed by atoms with Crippen molar-refractivity contribution in [3.05, 3.63) is 81.3 Å². The van der Waals surface area contributed by atoms with Gasteiger partial charge in [0.15, 0.2) is 11.2 Å². The summed E-state index contributed by atoms with van der Waals surface area (Å²) in [5.74, 6) is -0.855. The van der Waals surface area contributed by atoms with Crippen molar-refractivity contribution in [3.63, 3.8) is 0 Å². The Hall–Kier alpha value is -2.70. The number of amides is 1. The van der Waals surface area contributed by atoms with E-state index < -0.39 is 12.1 Å². The van der Waals surface area contributed by atoms with Crippen LogP contribution in [0.5, 0.6) is 0 Å². The number of thiazole rings is 1. The second-order valence-electron chi connectivity index (χ2n) is 6.14. The third kappa shape index (κ3) is 3.86. The van der Waals surface area contributed by atoms with Crippen molar-refractivity contribution in [1.29, 1.82) is 0 Å². The first kappa shape index (κ1) is 17.7. The SMILES string of the molecule is O=C1OC(C(=O)Nc2ncc(Cc3ccccc3Cl)s2)Cc2ccccc21. The Balaban J connectivity index is 1.43. The van der Waals surface area contributed by atoms with Gasteiger partial charge in [-0.15, -0.1) is 11.3 Å². The van der Waals surface area contributed by atoms with E-state index in [1.165, 1.54) is 11.3 Å². The van der Waals surface area contributed by atoms with Crippen LogP contribution in [0, 0.1) is 0 Å². The van der Waals surface area contributed by atoms with Crippen molar-refractivity contribution in [2.24, 2.45) is 0 Å². The van der Waals surface area contributed by atoms with E-state index in [1.54, 1.807) is 18.3 Å². The van der Waals surface area contributed by atoms with Crippen LogP contribution in [-0.4, -0.2) is 23.0 Å². The minimum Gasteiger partial charge on any atom is -0.448 e. The van der Waals surface area contributed by atoms with E-state index in [-0.39, 0.29) is 5.91 Å². The molecule has 7 heteroatoms. The van der Waals surface area contributed by atoms with E-state index in [1.807, 2.05) is 36.4 Å². The number of carbonyl (C=O) groups excluding carboxylic acids is 2. The number of halogens is 1. The molecule has 1 amide bonds. The largest absolute Gasteiger partial charge is 0.448 e. The molecule has 2 heterocycles. The van der Waals surface area contributed by atoms with E-state index in [0.717, 1.165) is 16.0 Å². The maximum absolute atomic E-state index is 12.5. The molecule has 1 N–H and O–H groups in total. The number of nitrogens with one attached hydrogen (secondary N) is 1. The van der Waals surface area contributed by atoms with Crippen LogP contribution in [0.4, 0.5) is 5.13 Å². The monoisotopic (exact) mass is 398 g/mol. The van der Waals surface area contributed by atoms with Gasteiger partial charge in [0.1, 0.15) is 0 Å². The molecule has 1 aromatic heterocycles. The molecule has 0 spiro atoms. The van der Waals surface area contributed by atoms with E-state index in [4.69, 9.17) is 16.3 Å². The van der Waals surface area contributed by atoms with Gasteiger partial charge < -0.3 is 4.74 Å². The lowest BCUT2D eigenvalue weighted by Crippen LogP contribution is -2.37. The zero-order valence-electron chi connectivity index (χ0n) is 14.1. The zero-order valence-corrected chi connectivity index (χ0v) is 15.7. The second-order valence-corrected chi connectivity index (χ2v) is 7.67. The lowest BCUT2D eigenvalue weighted by atomic mass is 9.98. The quantitative estimate of drug-likeness (QED) is 0.671. The molecule has 1 atom stereocenters. The first-order chi connectivity index (χ1) is 13.1. The number of hydrogen-bond acceptors (Lipinski definition) is 5. The number of carbonyl (C=O) groups is 2. The number of fused-ring (bicyclic) bond motifs is 1. The zero-order chi connectivity index (χ0) is 18.8. The number of ether oxygens (including phenoxy) is 1. The first-order valence-electron chi connectivity index (χ1n) is 8.38. The number of esters is 1. The summed E-state index contributed by atoms with van der Waals surface area (Å²) in [6.45, 7) is 0. The molecule has 4 rings (SSSR count). The number of aromatic nitrogens is 1. The molecule has 0 bridgehead atoms. The Morgan fingerprint density at radius 2 is 2.00 bits per heavy atom. The van der Waals surface area contributed by atoms with Crippen molar-refractivity contribution in [3.8, 4) is 0 Å². The lowest BCUT2D eigenvalue weighted by Gasteiger charge is -2.23. The van der Waals surface area contributed by atoms with Crippen molar-refractivity contribution in [1.82, 2.24) is 4.98 Å². The third-order valence-electron chi connectivity index (χ3n) is 4.29. The molecule has 136 valence electrons. The molecule has 1 aliphatic heterocycles. The molecule has 2 aromatic carbocycles. The maximum atomic E-state index is 12.5. The van der Waals surface area contributed by atoms with Gasteiger partial charge in [0.25, 0.3) is 5.91 Å². The predicted octanol–water partition coefficient (Wildman–Crippen LogP) is 4.11. The lowest BCUT2D eigenvalue weighted by molar-refractivity contribution is -0.125. The minimum absolute atomic E-state index is 0.353. The summed E-state index contributed by atoms with van der Waals surface area (Å²) in [6.07, 6.45) is 1.85. The molecule has 1 aliphatic rings.